The Labute approximate surface area is 98.8 Å². The van der Waals surface area contributed by atoms with Crippen LogP contribution in [0.15, 0.2) is 12.1 Å². The van der Waals surface area contributed by atoms with Gasteiger partial charge in [0.2, 0.25) is 0 Å². The minimum Gasteiger partial charge on any atom is -0.327 e. The van der Waals surface area contributed by atoms with Crippen LogP contribution in [0.1, 0.15) is 35.2 Å². The summed E-state index contributed by atoms with van der Waals surface area (Å²) in [5.41, 5.74) is 5.62. The number of benzene rings is 1. The van der Waals surface area contributed by atoms with Crippen LogP contribution in [0.3, 0.4) is 0 Å². The van der Waals surface area contributed by atoms with E-state index in [9.17, 15) is 13.6 Å². The highest BCUT2D eigenvalue weighted by Crippen LogP contribution is 2.33. The highest BCUT2D eigenvalue weighted by Gasteiger charge is 2.31. The molecule has 17 heavy (non-hydrogen) atoms. The summed E-state index contributed by atoms with van der Waals surface area (Å²) >= 11 is 0. The second-order valence-corrected chi connectivity index (χ2v) is 4.68. The number of rotatable bonds is 4. The predicted octanol–water partition coefficient (Wildman–Crippen LogP) is 2.58. The number of nitrogens with two attached hydrogens (primary N) is 1. The standard InChI is InChI=1S/C13H15F2NO/c1-7-2-5-9(14)12(13(7)15)11(17)6-10(16)8-3-4-8/h2,5,8,10H,3-4,6,16H2,1H3. The summed E-state index contributed by atoms with van der Waals surface area (Å²) in [6, 6.07) is 2.16. The number of carbonyl (C=O) groups is 1. The maximum absolute atomic E-state index is 13.7. The summed E-state index contributed by atoms with van der Waals surface area (Å²) in [5.74, 6) is -1.77. The van der Waals surface area contributed by atoms with E-state index in [1.165, 1.54) is 13.0 Å². The summed E-state index contributed by atoms with van der Waals surface area (Å²) < 4.78 is 27.1. The average Bonchev–Trinajstić information content (AvgIpc) is 3.07. The number of carbonyl (C=O) groups excluding carboxylic acids is 1. The van der Waals surface area contributed by atoms with Gasteiger partial charge in [-0.3, -0.25) is 4.79 Å². The van der Waals surface area contributed by atoms with E-state index in [1.807, 2.05) is 0 Å². The summed E-state index contributed by atoms with van der Waals surface area (Å²) in [5, 5.41) is 0. The topological polar surface area (TPSA) is 43.1 Å². The van der Waals surface area contributed by atoms with Gasteiger partial charge in [0.25, 0.3) is 0 Å². The van der Waals surface area contributed by atoms with Gasteiger partial charge in [0.05, 0.1) is 5.56 Å². The highest BCUT2D eigenvalue weighted by molar-refractivity contribution is 5.97. The second kappa shape index (κ2) is 4.53. The van der Waals surface area contributed by atoms with Crippen LogP contribution in [0.4, 0.5) is 8.78 Å². The molecule has 1 aliphatic rings. The summed E-state index contributed by atoms with van der Waals surface area (Å²) in [7, 11) is 0. The van der Waals surface area contributed by atoms with Crippen molar-refractivity contribution < 1.29 is 13.6 Å². The van der Waals surface area contributed by atoms with Gasteiger partial charge in [-0.2, -0.15) is 0 Å². The molecule has 0 bridgehead atoms. The molecule has 4 heteroatoms. The molecule has 2 rings (SSSR count). The van der Waals surface area contributed by atoms with Crippen LogP contribution in [-0.2, 0) is 0 Å². The smallest absolute Gasteiger partial charge is 0.170 e. The molecule has 0 heterocycles. The SMILES string of the molecule is Cc1ccc(F)c(C(=O)CC(N)C2CC2)c1F. The van der Waals surface area contributed by atoms with Crippen molar-refractivity contribution in [2.45, 2.75) is 32.2 Å². The van der Waals surface area contributed by atoms with Gasteiger partial charge in [-0.05, 0) is 37.3 Å². The molecule has 0 aromatic heterocycles. The number of Topliss-reactive ketones (excluding diaryl/α,β-unsaturated/α-hetero) is 1. The quantitative estimate of drug-likeness (QED) is 0.821. The molecule has 1 saturated carbocycles. The van der Waals surface area contributed by atoms with E-state index in [0.717, 1.165) is 18.9 Å². The molecular weight excluding hydrogens is 224 g/mol. The molecule has 1 aromatic rings. The molecule has 0 spiro atoms. The van der Waals surface area contributed by atoms with Crippen molar-refractivity contribution >= 4 is 5.78 Å². The first-order valence-electron chi connectivity index (χ1n) is 5.74. The Balaban J connectivity index is 2.20. The Kier molecular flexibility index (Phi) is 3.24. The van der Waals surface area contributed by atoms with Crippen molar-refractivity contribution in [3.63, 3.8) is 0 Å². The van der Waals surface area contributed by atoms with Crippen LogP contribution in [0, 0.1) is 24.5 Å². The molecule has 0 saturated heterocycles. The van der Waals surface area contributed by atoms with Crippen molar-refractivity contribution in [2.75, 3.05) is 0 Å². The van der Waals surface area contributed by atoms with Crippen LogP contribution >= 0.6 is 0 Å². The van der Waals surface area contributed by atoms with Gasteiger partial charge in [-0.15, -0.1) is 0 Å². The third-order valence-corrected chi connectivity index (χ3v) is 3.21. The van der Waals surface area contributed by atoms with Crippen molar-refractivity contribution in [1.82, 2.24) is 0 Å². The first-order valence-corrected chi connectivity index (χ1v) is 5.74. The van der Waals surface area contributed by atoms with Gasteiger partial charge in [0.1, 0.15) is 11.6 Å². The lowest BCUT2D eigenvalue weighted by molar-refractivity contribution is 0.0963. The van der Waals surface area contributed by atoms with Crippen molar-refractivity contribution in [1.29, 1.82) is 0 Å². The summed E-state index contributed by atoms with van der Waals surface area (Å²) in [6.07, 6.45) is 2.03. The van der Waals surface area contributed by atoms with Gasteiger partial charge in [-0.1, -0.05) is 6.07 Å². The monoisotopic (exact) mass is 239 g/mol. The van der Waals surface area contributed by atoms with Gasteiger partial charge in [0, 0.05) is 12.5 Å². The molecule has 1 unspecified atom stereocenters. The lowest BCUT2D eigenvalue weighted by Crippen LogP contribution is -2.26. The lowest BCUT2D eigenvalue weighted by atomic mass is 9.99. The fourth-order valence-corrected chi connectivity index (χ4v) is 1.92. The molecular formula is C13H15F2NO. The van der Waals surface area contributed by atoms with E-state index in [0.29, 0.717) is 5.92 Å². The van der Waals surface area contributed by atoms with E-state index in [4.69, 9.17) is 5.73 Å². The zero-order chi connectivity index (χ0) is 12.6. The van der Waals surface area contributed by atoms with Crippen LogP contribution in [0.25, 0.3) is 0 Å². The first-order chi connectivity index (χ1) is 8.00. The molecule has 0 amide bonds. The fraction of sp³-hybridized carbons (Fsp3) is 0.462. The summed E-state index contributed by atoms with van der Waals surface area (Å²) in [6.45, 7) is 1.51. The Morgan fingerprint density at radius 3 is 2.71 bits per heavy atom. The van der Waals surface area contributed by atoms with E-state index < -0.39 is 23.0 Å². The van der Waals surface area contributed by atoms with Crippen molar-refractivity contribution in [2.24, 2.45) is 11.7 Å². The van der Waals surface area contributed by atoms with Crippen LogP contribution in [0.2, 0.25) is 0 Å². The maximum Gasteiger partial charge on any atom is 0.170 e. The minimum absolute atomic E-state index is 0.0158. The van der Waals surface area contributed by atoms with Crippen LogP contribution < -0.4 is 5.73 Å². The normalized spacial score (nSPS) is 16.9. The number of aryl methyl sites for hydroxylation is 1. The zero-order valence-corrected chi connectivity index (χ0v) is 9.67. The Morgan fingerprint density at radius 1 is 1.47 bits per heavy atom. The maximum atomic E-state index is 13.7. The molecule has 2 N–H and O–H groups in total. The largest absolute Gasteiger partial charge is 0.327 e. The van der Waals surface area contributed by atoms with Gasteiger partial charge < -0.3 is 5.73 Å². The van der Waals surface area contributed by atoms with Gasteiger partial charge in [0.15, 0.2) is 5.78 Å². The predicted molar refractivity (Wildman–Crippen MR) is 60.7 cm³/mol. The lowest BCUT2D eigenvalue weighted by Gasteiger charge is -2.11. The van der Waals surface area contributed by atoms with E-state index >= 15 is 0 Å². The number of halogens is 2. The Morgan fingerprint density at radius 2 is 2.12 bits per heavy atom. The van der Waals surface area contributed by atoms with E-state index in [2.05, 4.69) is 0 Å². The third kappa shape index (κ3) is 2.52. The number of hydrogen-bond donors (Lipinski definition) is 1. The Hall–Kier alpha value is -1.29. The molecule has 0 radical (unpaired) electrons. The summed E-state index contributed by atoms with van der Waals surface area (Å²) in [4.78, 5) is 11.8. The Bertz CT molecular complexity index is 455. The van der Waals surface area contributed by atoms with E-state index in [1.54, 1.807) is 0 Å². The molecule has 1 aromatic carbocycles. The number of hydrogen-bond acceptors (Lipinski definition) is 2. The molecule has 1 aliphatic carbocycles. The van der Waals surface area contributed by atoms with E-state index in [-0.39, 0.29) is 18.0 Å². The van der Waals surface area contributed by atoms with Crippen molar-refractivity contribution in [3.05, 3.63) is 34.9 Å². The van der Waals surface area contributed by atoms with Gasteiger partial charge >= 0.3 is 0 Å². The zero-order valence-electron chi connectivity index (χ0n) is 9.67. The molecule has 0 aliphatic heterocycles. The van der Waals surface area contributed by atoms with Crippen molar-refractivity contribution in [3.8, 4) is 0 Å². The van der Waals surface area contributed by atoms with Crippen LogP contribution in [-0.4, -0.2) is 11.8 Å². The average molecular weight is 239 g/mol. The molecule has 1 atom stereocenters. The highest BCUT2D eigenvalue weighted by atomic mass is 19.1. The third-order valence-electron chi connectivity index (χ3n) is 3.21. The molecule has 2 nitrogen and oxygen atoms in total. The molecule has 92 valence electrons. The fourth-order valence-electron chi connectivity index (χ4n) is 1.92. The second-order valence-electron chi connectivity index (χ2n) is 4.68. The minimum atomic E-state index is -0.805. The van der Waals surface area contributed by atoms with Crippen LogP contribution in [0.5, 0.6) is 0 Å². The first kappa shape index (κ1) is 12.2. The van der Waals surface area contributed by atoms with Gasteiger partial charge in [-0.25, -0.2) is 8.78 Å². The number of ketones is 1. The molecule has 1 fully saturated rings.